The van der Waals surface area contributed by atoms with E-state index in [1.165, 1.54) is 32.1 Å². The number of nitrogens with two attached hydrogens (primary N) is 1. The summed E-state index contributed by atoms with van der Waals surface area (Å²) < 4.78 is 0. The second-order valence-electron chi connectivity index (χ2n) is 8.65. The molecular weight excluding hydrogens is 324 g/mol. The third-order valence-electron chi connectivity index (χ3n) is 6.86. The molecule has 3 rings (SSSR count). The quantitative estimate of drug-likeness (QED) is 0.877. The van der Waals surface area contributed by atoms with Crippen molar-refractivity contribution in [3.05, 3.63) is 24.0 Å². The number of carbonyl (C=O) groups is 1. The first-order chi connectivity index (χ1) is 12.4. The SMILES string of the molecule is CCC(C)(C)C1CCCC(N2CCN(c3ccc(C(N)=O)nc3)CC2)C1. The fourth-order valence-electron chi connectivity index (χ4n) is 4.56. The van der Waals surface area contributed by atoms with Gasteiger partial charge in [-0.1, -0.05) is 33.6 Å². The topological polar surface area (TPSA) is 62.5 Å². The summed E-state index contributed by atoms with van der Waals surface area (Å²) in [5.41, 5.74) is 7.16. The van der Waals surface area contributed by atoms with Crippen LogP contribution in [0.1, 0.15) is 63.4 Å². The standard InChI is InChI=1S/C21H34N4O/c1-4-21(2,3)16-6-5-7-17(14-16)24-10-12-25(13-11-24)18-8-9-19(20(22)26)23-15-18/h8-9,15-17H,4-7,10-14H2,1-3H3,(H2,22,26). The second-order valence-corrected chi connectivity index (χ2v) is 8.65. The molecule has 5 heteroatoms. The maximum atomic E-state index is 11.2. The van der Waals surface area contributed by atoms with Crippen molar-refractivity contribution >= 4 is 11.6 Å². The van der Waals surface area contributed by atoms with Gasteiger partial charge in [0.05, 0.1) is 11.9 Å². The van der Waals surface area contributed by atoms with E-state index in [-0.39, 0.29) is 0 Å². The average molecular weight is 359 g/mol. The van der Waals surface area contributed by atoms with Crippen LogP contribution < -0.4 is 10.6 Å². The molecule has 1 aromatic rings. The van der Waals surface area contributed by atoms with E-state index < -0.39 is 5.91 Å². The number of carbonyl (C=O) groups excluding carboxylic acids is 1. The summed E-state index contributed by atoms with van der Waals surface area (Å²) in [4.78, 5) is 20.4. The summed E-state index contributed by atoms with van der Waals surface area (Å²) in [6.07, 6.45) is 8.52. The predicted molar refractivity (Wildman–Crippen MR) is 106 cm³/mol. The summed E-state index contributed by atoms with van der Waals surface area (Å²) in [6, 6.07) is 4.43. The highest BCUT2D eigenvalue weighted by Gasteiger charge is 2.35. The molecule has 1 amide bonds. The van der Waals surface area contributed by atoms with Crippen LogP contribution in [0.4, 0.5) is 5.69 Å². The van der Waals surface area contributed by atoms with Gasteiger partial charge in [0.2, 0.25) is 0 Å². The van der Waals surface area contributed by atoms with Crippen molar-refractivity contribution in [2.75, 3.05) is 31.1 Å². The zero-order valence-corrected chi connectivity index (χ0v) is 16.6. The van der Waals surface area contributed by atoms with Crippen LogP contribution in [0.25, 0.3) is 0 Å². The van der Waals surface area contributed by atoms with E-state index in [0.29, 0.717) is 11.1 Å². The minimum Gasteiger partial charge on any atom is -0.368 e. The predicted octanol–water partition coefficient (Wildman–Crippen LogP) is 3.30. The molecule has 2 aliphatic rings. The summed E-state index contributed by atoms with van der Waals surface area (Å²) in [7, 11) is 0. The molecule has 0 aromatic carbocycles. The molecule has 2 heterocycles. The van der Waals surface area contributed by atoms with Crippen molar-refractivity contribution in [1.82, 2.24) is 9.88 Å². The molecule has 1 aliphatic heterocycles. The molecule has 0 spiro atoms. The van der Waals surface area contributed by atoms with Crippen LogP contribution in [0.2, 0.25) is 0 Å². The average Bonchev–Trinajstić information content (AvgIpc) is 2.68. The lowest BCUT2D eigenvalue weighted by molar-refractivity contribution is 0.0697. The van der Waals surface area contributed by atoms with Gasteiger partial charge in [-0.3, -0.25) is 9.69 Å². The number of nitrogens with zero attached hydrogens (tertiary/aromatic N) is 3. The van der Waals surface area contributed by atoms with Crippen molar-refractivity contribution in [2.24, 2.45) is 17.1 Å². The van der Waals surface area contributed by atoms with E-state index in [1.807, 2.05) is 6.07 Å². The van der Waals surface area contributed by atoms with Gasteiger partial charge in [0.25, 0.3) is 5.91 Å². The van der Waals surface area contributed by atoms with Gasteiger partial charge in [-0.15, -0.1) is 0 Å². The number of hydrogen-bond acceptors (Lipinski definition) is 4. The fraction of sp³-hybridized carbons (Fsp3) is 0.714. The van der Waals surface area contributed by atoms with Crippen LogP contribution in [0.15, 0.2) is 18.3 Å². The fourth-order valence-corrected chi connectivity index (χ4v) is 4.56. The number of amides is 1. The van der Waals surface area contributed by atoms with Crippen LogP contribution >= 0.6 is 0 Å². The first-order valence-electron chi connectivity index (χ1n) is 10.2. The number of primary amides is 1. The Bertz CT molecular complexity index is 605. The Kier molecular flexibility index (Phi) is 5.86. The molecule has 2 N–H and O–H groups in total. The first-order valence-corrected chi connectivity index (χ1v) is 10.2. The first kappa shape index (κ1) is 19.2. The van der Waals surface area contributed by atoms with Gasteiger partial charge in [-0.05, 0) is 42.7 Å². The minimum absolute atomic E-state index is 0.333. The highest BCUT2D eigenvalue weighted by molar-refractivity contribution is 5.90. The Labute approximate surface area is 157 Å². The van der Waals surface area contributed by atoms with Gasteiger partial charge in [0, 0.05) is 32.2 Å². The van der Waals surface area contributed by atoms with Crippen LogP contribution in [0, 0.1) is 11.3 Å². The summed E-state index contributed by atoms with van der Waals surface area (Å²) in [5, 5.41) is 0. The van der Waals surface area contributed by atoms with Crippen molar-refractivity contribution < 1.29 is 4.79 Å². The summed E-state index contributed by atoms with van der Waals surface area (Å²) >= 11 is 0. The van der Waals surface area contributed by atoms with Gasteiger partial charge < -0.3 is 10.6 Å². The Balaban J connectivity index is 1.55. The van der Waals surface area contributed by atoms with Crippen LogP contribution in [-0.2, 0) is 0 Å². The van der Waals surface area contributed by atoms with E-state index in [9.17, 15) is 4.79 Å². The molecular formula is C21H34N4O. The van der Waals surface area contributed by atoms with E-state index in [0.717, 1.165) is 43.8 Å². The monoisotopic (exact) mass is 358 g/mol. The molecule has 1 saturated heterocycles. The summed E-state index contributed by atoms with van der Waals surface area (Å²) in [5.74, 6) is 0.387. The Morgan fingerprint density at radius 3 is 2.54 bits per heavy atom. The van der Waals surface area contributed by atoms with E-state index >= 15 is 0 Å². The maximum Gasteiger partial charge on any atom is 0.267 e. The van der Waals surface area contributed by atoms with E-state index in [4.69, 9.17) is 5.73 Å². The molecule has 5 nitrogen and oxygen atoms in total. The number of piperazine rings is 1. The second kappa shape index (κ2) is 7.95. The Morgan fingerprint density at radius 1 is 1.23 bits per heavy atom. The van der Waals surface area contributed by atoms with Gasteiger partial charge in [-0.2, -0.15) is 0 Å². The number of rotatable bonds is 5. The van der Waals surface area contributed by atoms with E-state index in [1.54, 1.807) is 12.3 Å². The molecule has 0 radical (unpaired) electrons. The molecule has 0 bridgehead atoms. The Hall–Kier alpha value is -1.62. The van der Waals surface area contributed by atoms with E-state index in [2.05, 4.69) is 35.6 Å². The van der Waals surface area contributed by atoms with Gasteiger partial charge in [-0.25, -0.2) is 4.98 Å². The zero-order chi connectivity index (χ0) is 18.7. The van der Waals surface area contributed by atoms with Crippen LogP contribution in [0.5, 0.6) is 0 Å². The molecule has 1 saturated carbocycles. The highest BCUT2D eigenvalue weighted by atomic mass is 16.1. The molecule has 1 aromatic heterocycles. The molecule has 2 unspecified atom stereocenters. The maximum absolute atomic E-state index is 11.2. The molecule has 1 aliphatic carbocycles. The molecule has 2 atom stereocenters. The zero-order valence-electron chi connectivity index (χ0n) is 16.6. The largest absolute Gasteiger partial charge is 0.368 e. The van der Waals surface area contributed by atoms with Crippen molar-refractivity contribution in [3.63, 3.8) is 0 Å². The highest BCUT2D eigenvalue weighted by Crippen LogP contribution is 2.41. The molecule has 144 valence electrons. The van der Waals surface area contributed by atoms with Crippen LogP contribution in [0.3, 0.4) is 0 Å². The lowest BCUT2D eigenvalue weighted by Crippen LogP contribution is -2.52. The lowest BCUT2D eigenvalue weighted by atomic mass is 9.68. The third kappa shape index (κ3) is 4.20. The van der Waals surface area contributed by atoms with Gasteiger partial charge >= 0.3 is 0 Å². The van der Waals surface area contributed by atoms with Gasteiger partial charge in [0.15, 0.2) is 0 Å². The lowest BCUT2D eigenvalue weighted by Gasteiger charge is -2.46. The number of pyridine rings is 1. The number of anilines is 1. The Morgan fingerprint density at radius 2 is 1.96 bits per heavy atom. The van der Waals surface area contributed by atoms with Crippen molar-refractivity contribution in [1.29, 1.82) is 0 Å². The van der Waals surface area contributed by atoms with Crippen molar-refractivity contribution in [3.8, 4) is 0 Å². The van der Waals surface area contributed by atoms with Gasteiger partial charge in [0.1, 0.15) is 5.69 Å². The number of aromatic nitrogens is 1. The molecule has 2 fully saturated rings. The smallest absolute Gasteiger partial charge is 0.267 e. The third-order valence-corrected chi connectivity index (χ3v) is 6.86. The molecule has 26 heavy (non-hydrogen) atoms. The van der Waals surface area contributed by atoms with Crippen molar-refractivity contribution in [2.45, 2.75) is 58.9 Å². The minimum atomic E-state index is -0.469. The summed E-state index contributed by atoms with van der Waals surface area (Å²) in [6.45, 7) is 11.5. The normalized spacial score (nSPS) is 25.3. The van der Waals surface area contributed by atoms with Crippen LogP contribution in [-0.4, -0.2) is 48.0 Å². The number of hydrogen-bond donors (Lipinski definition) is 1.